The van der Waals surface area contributed by atoms with Gasteiger partial charge in [-0.25, -0.2) is 0 Å². The Morgan fingerprint density at radius 2 is 0.685 bits per heavy atom. The van der Waals surface area contributed by atoms with Crippen LogP contribution in [0.15, 0.2) is 0 Å². The molecule has 0 heterocycles. The third-order valence-corrected chi connectivity index (χ3v) is 16.5. The first-order chi connectivity index (χ1) is 25.5. The van der Waals surface area contributed by atoms with Crippen LogP contribution in [0.3, 0.4) is 0 Å². The number of hydrogen-bond acceptors (Lipinski definition) is 12. The van der Waals surface area contributed by atoms with Crippen LogP contribution < -0.4 is 22.1 Å². The molecule has 0 aromatic rings. The van der Waals surface area contributed by atoms with Gasteiger partial charge in [-0.3, -0.25) is 0 Å². The minimum Gasteiger partial charge on any atom is -0.392 e. The molecule has 4 fully saturated rings. The molecule has 4 aliphatic carbocycles. The zero-order valence-electron chi connectivity index (χ0n) is 36.2. The molecule has 0 radical (unpaired) electrons. The van der Waals surface area contributed by atoms with Crippen LogP contribution in [0.5, 0.6) is 0 Å². The number of thioether (sulfide) groups is 4. The Balaban J connectivity index is 0.000000366. The van der Waals surface area contributed by atoms with Gasteiger partial charge in [-0.1, -0.05) is 41.5 Å². The van der Waals surface area contributed by atoms with Crippen molar-refractivity contribution >= 4 is 47.0 Å². The summed E-state index contributed by atoms with van der Waals surface area (Å²) in [5.74, 6) is 2.73. The smallest absolute Gasteiger partial charge is 0.0661 e. The highest BCUT2D eigenvalue weighted by Gasteiger charge is 2.36. The molecule has 8 nitrogen and oxygen atoms in total. The van der Waals surface area contributed by atoms with Gasteiger partial charge in [-0.15, -0.1) is 0 Å². The molecular weight excluding hydrogens is 753 g/mol. The van der Waals surface area contributed by atoms with E-state index in [1.54, 1.807) is 23.5 Å². The van der Waals surface area contributed by atoms with Crippen molar-refractivity contribution in [3.63, 3.8) is 0 Å². The third-order valence-electron chi connectivity index (χ3n) is 11.6. The first-order valence-corrected chi connectivity index (χ1v) is 26.3. The van der Waals surface area contributed by atoms with Gasteiger partial charge in [0.2, 0.25) is 0 Å². The highest BCUT2D eigenvalue weighted by molar-refractivity contribution is 7.99. The van der Waals surface area contributed by atoms with Crippen LogP contribution in [0.2, 0.25) is 0 Å². The van der Waals surface area contributed by atoms with E-state index in [9.17, 15) is 20.4 Å². The molecule has 4 rings (SSSR count). The molecule has 12 heteroatoms. The van der Waals surface area contributed by atoms with Crippen molar-refractivity contribution in [2.45, 2.75) is 164 Å². The van der Waals surface area contributed by atoms with Crippen LogP contribution in [0.25, 0.3) is 0 Å². The van der Waals surface area contributed by atoms with Gasteiger partial charge in [-0.2, -0.15) is 47.0 Å². The summed E-state index contributed by atoms with van der Waals surface area (Å²) in [5.41, 5.74) is 11.7. The number of nitrogens with one attached hydrogen (secondary N) is 2. The molecule has 0 aromatic heterocycles. The lowest BCUT2D eigenvalue weighted by Crippen LogP contribution is -2.30. The van der Waals surface area contributed by atoms with E-state index in [0.29, 0.717) is 55.5 Å². The topological polar surface area (TPSA) is 157 Å². The SMILES string of the molecule is CS[C@@H]1[C@@H](CCN)CC[C@H]1O.CS[C@@H]1[C@@H](CCNCC(C)(C)C)CC[C@H]1O.CS[C@H]1[C@H](CCN)CC[C@@H]1O.CS[C@H]1[C@H](CCNCC(C)(C)C)CC[C@@H]1O. The van der Waals surface area contributed by atoms with Crippen LogP contribution in [0, 0.1) is 34.5 Å². The van der Waals surface area contributed by atoms with Crippen molar-refractivity contribution < 1.29 is 20.4 Å². The predicted octanol–water partition coefficient (Wildman–Crippen LogP) is 6.70. The average Bonchev–Trinajstić information content (AvgIpc) is 3.86. The summed E-state index contributed by atoms with van der Waals surface area (Å²) in [6, 6.07) is 0. The predicted molar refractivity (Wildman–Crippen MR) is 245 cm³/mol. The average molecular weight is 841 g/mol. The van der Waals surface area contributed by atoms with Crippen LogP contribution in [-0.2, 0) is 0 Å². The second-order valence-corrected chi connectivity index (χ2v) is 22.7. The highest BCUT2D eigenvalue weighted by atomic mass is 32.2. The van der Waals surface area contributed by atoms with Crippen LogP contribution in [0.1, 0.15) is 119 Å². The second kappa shape index (κ2) is 28.5. The van der Waals surface area contributed by atoms with E-state index in [0.717, 1.165) is 90.6 Å². The Labute approximate surface area is 350 Å². The lowest BCUT2D eigenvalue weighted by molar-refractivity contribution is 0.182. The summed E-state index contributed by atoms with van der Waals surface area (Å²) in [4.78, 5) is 0. The van der Waals surface area contributed by atoms with Gasteiger partial charge in [0.15, 0.2) is 0 Å². The fourth-order valence-electron chi connectivity index (χ4n) is 8.67. The van der Waals surface area contributed by atoms with Crippen molar-refractivity contribution in [1.29, 1.82) is 0 Å². The van der Waals surface area contributed by atoms with Gasteiger partial charge in [0.05, 0.1) is 24.4 Å². The zero-order valence-corrected chi connectivity index (χ0v) is 39.5. The first kappa shape index (κ1) is 53.1. The maximum Gasteiger partial charge on any atom is 0.0661 e. The normalized spacial score (nSPS) is 33.8. The largest absolute Gasteiger partial charge is 0.392 e. The lowest BCUT2D eigenvalue weighted by atomic mass is 9.96. The standard InChI is InChI=1S/2C13H27NOS.2C8H17NOS/c2*1-13(2,3)9-14-8-7-10-5-6-11(15)12(10)16-4;2*1-11-8-6(4-5-9)2-3-7(8)10/h2*10-12,14-15H,5-9H2,1-4H3;2*6-8,10H,2-5,9H2,1H3/t2*10-,11-,12-;2*6-,7-,8-/m1010/s1. The van der Waals surface area contributed by atoms with Crippen molar-refractivity contribution in [3.05, 3.63) is 0 Å². The molecule has 4 aliphatic rings. The minimum absolute atomic E-state index is 0.0670. The third kappa shape index (κ3) is 20.9. The summed E-state index contributed by atoms with van der Waals surface area (Å²) in [7, 11) is 0. The summed E-state index contributed by atoms with van der Waals surface area (Å²) in [6.07, 6.45) is 21.3. The minimum atomic E-state index is -0.0819. The van der Waals surface area contributed by atoms with Gasteiger partial charge in [0.25, 0.3) is 0 Å². The number of nitrogens with two attached hydrogens (primary N) is 2. The van der Waals surface area contributed by atoms with Crippen LogP contribution in [-0.4, -0.2) is 130 Å². The molecule has 0 aliphatic heterocycles. The molecule has 10 N–H and O–H groups in total. The van der Waals surface area contributed by atoms with Gasteiger partial charge in [-0.05, 0) is 176 Å². The van der Waals surface area contributed by atoms with Gasteiger partial charge in [0.1, 0.15) is 0 Å². The van der Waals surface area contributed by atoms with E-state index in [2.05, 4.69) is 77.2 Å². The van der Waals surface area contributed by atoms with Gasteiger partial charge >= 0.3 is 0 Å². The quantitative estimate of drug-likeness (QED) is 0.0780. The Bertz CT molecular complexity index is 854. The van der Waals surface area contributed by atoms with Crippen molar-refractivity contribution in [2.75, 3.05) is 64.3 Å². The summed E-state index contributed by atoms with van der Waals surface area (Å²) in [5, 5.41) is 47.5. The fraction of sp³-hybridized carbons (Fsp3) is 1.00. The molecule has 0 bridgehead atoms. The fourth-order valence-corrected chi connectivity index (χ4v) is 13.1. The Kier molecular flexibility index (Phi) is 28.1. The maximum absolute atomic E-state index is 9.80. The molecule has 12 atom stereocenters. The zero-order chi connectivity index (χ0) is 40.9. The molecule has 0 amide bonds. The molecule has 324 valence electrons. The van der Waals surface area contributed by atoms with E-state index >= 15 is 0 Å². The van der Waals surface area contributed by atoms with Gasteiger partial charge < -0.3 is 42.5 Å². The van der Waals surface area contributed by atoms with E-state index in [4.69, 9.17) is 11.5 Å². The van der Waals surface area contributed by atoms with Gasteiger partial charge in [0, 0.05) is 21.0 Å². The molecule has 0 spiro atoms. The Morgan fingerprint density at radius 1 is 0.444 bits per heavy atom. The number of aliphatic hydroxyl groups is 4. The Morgan fingerprint density at radius 3 is 0.889 bits per heavy atom. The molecular formula is C42H88N4O4S4. The lowest BCUT2D eigenvalue weighted by Gasteiger charge is -2.22. The van der Waals surface area contributed by atoms with Crippen LogP contribution >= 0.6 is 47.0 Å². The van der Waals surface area contributed by atoms with Crippen molar-refractivity contribution in [3.8, 4) is 0 Å². The molecule has 0 saturated heterocycles. The summed E-state index contributed by atoms with van der Waals surface area (Å²) in [6.45, 7) is 19.4. The first-order valence-electron chi connectivity index (χ1n) is 21.1. The highest BCUT2D eigenvalue weighted by Crippen LogP contribution is 2.38. The summed E-state index contributed by atoms with van der Waals surface area (Å²) < 4.78 is 0. The van der Waals surface area contributed by atoms with E-state index < -0.39 is 0 Å². The molecule has 0 unspecified atom stereocenters. The second-order valence-electron chi connectivity index (χ2n) is 18.6. The number of aliphatic hydroxyl groups excluding tert-OH is 4. The number of rotatable bonds is 16. The van der Waals surface area contributed by atoms with Crippen molar-refractivity contribution in [1.82, 2.24) is 10.6 Å². The van der Waals surface area contributed by atoms with Crippen LogP contribution in [0.4, 0.5) is 0 Å². The number of hydrogen-bond donors (Lipinski definition) is 8. The molecule has 54 heavy (non-hydrogen) atoms. The van der Waals surface area contributed by atoms with Crippen molar-refractivity contribution in [2.24, 2.45) is 46.0 Å². The summed E-state index contributed by atoms with van der Waals surface area (Å²) >= 11 is 7.23. The molecule has 0 aromatic carbocycles. The monoisotopic (exact) mass is 841 g/mol. The van der Waals surface area contributed by atoms with E-state index in [1.165, 1.54) is 25.7 Å². The van der Waals surface area contributed by atoms with E-state index in [1.807, 2.05) is 23.5 Å². The van der Waals surface area contributed by atoms with E-state index in [-0.39, 0.29) is 24.4 Å². The Hall–Kier alpha value is 1.08. The maximum atomic E-state index is 9.80. The molecule has 4 saturated carbocycles.